The van der Waals surface area contributed by atoms with E-state index in [1.54, 1.807) is 56.2 Å². The van der Waals surface area contributed by atoms with Crippen LogP contribution in [0.1, 0.15) is 136 Å². The normalized spacial score (nSPS) is 19.7. The van der Waals surface area contributed by atoms with Crippen molar-refractivity contribution in [1.29, 1.82) is 0 Å². The van der Waals surface area contributed by atoms with Crippen LogP contribution in [0.3, 0.4) is 0 Å². The predicted molar refractivity (Wildman–Crippen MR) is 225 cm³/mol. The molecule has 0 saturated heterocycles. The molecule has 282 valence electrons. The van der Waals surface area contributed by atoms with Gasteiger partial charge in [-0.1, -0.05) is 0 Å². The number of rotatable bonds is 5. The van der Waals surface area contributed by atoms with E-state index in [0.717, 1.165) is 6.42 Å². The maximum atomic E-state index is 2.78. The van der Waals surface area contributed by atoms with Crippen molar-refractivity contribution < 1.29 is 46.1 Å². The second-order valence-corrected chi connectivity index (χ2v) is 31.6. The fraction of sp³-hybridized carbons (Fsp3) is 0.420. The van der Waals surface area contributed by atoms with Gasteiger partial charge in [-0.2, -0.15) is 0 Å². The summed E-state index contributed by atoms with van der Waals surface area (Å²) in [6.45, 7) is 27.7. The van der Waals surface area contributed by atoms with E-state index < -0.39 is 29.3 Å². The molecule has 0 fully saturated rings. The number of benzene rings is 4. The summed E-state index contributed by atoms with van der Waals surface area (Å²) in [7, 11) is -1.49. The van der Waals surface area contributed by atoms with Crippen molar-refractivity contribution in [3.05, 3.63) is 150 Å². The van der Waals surface area contributed by atoms with Crippen LogP contribution in [-0.4, -0.2) is 11.3 Å². The van der Waals surface area contributed by atoms with Crippen molar-refractivity contribution >= 4 is 11.3 Å². The third-order valence-corrected chi connectivity index (χ3v) is 24.1. The molecule has 4 aliphatic carbocycles. The van der Waals surface area contributed by atoms with Crippen LogP contribution < -0.4 is 24.8 Å². The molecule has 0 radical (unpaired) electrons. The van der Waals surface area contributed by atoms with E-state index in [4.69, 9.17) is 0 Å². The Morgan fingerprint density at radius 3 is 1.28 bits per heavy atom. The van der Waals surface area contributed by atoms with Gasteiger partial charge in [0.05, 0.1) is 0 Å². The van der Waals surface area contributed by atoms with E-state index in [1.165, 1.54) is 36.8 Å². The molecule has 0 nitrogen and oxygen atoms in total. The van der Waals surface area contributed by atoms with Gasteiger partial charge in [0.2, 0.25) is 0 Å². The van der Waals surface area contributed by atoms with Crippen LogP contribution in [0.2, 0.25) is 19.6 Å². The Balaban J connectivity index is 0.00000249. The van der Waals surface area contributed by atoms with E-state index in [9.17, 15) is 0 Å². The first-order valence-electron chi connectivity index (χ1n) is 20.0. The zero-order valence-electron chi connectivity index (χ0n) is 34.6. The summed E-state index contributed by atoms with van der Waals surface area (Å²) < 4.78 is 3.86. The maximum Gasteiger partial charge on any atom is -1.00 e. The third-order valence-electron chi connectivity index (χ3n) is 13.7. The smallest absolute Gasteiger partial charge is 1.00 e. The molecule has 4 aliphatic rings. The van der Waals surface area contributed by atoms with Gasteiger partial charge in [-0.15, -0.1) is 0 Å². The fourth-order valence-electron chi connectivity index (χ4n) is 10.1. The Bertz CT molecular complexity index is 2070. The van der Waals surface area contributed by atoms with Gasteiger partial charge in [0, 0.05) is 0 Å². The number of allylic oxidation sites excluding steroid dienone is 4. The van der Waals surface area contributed by atoms with Crippen molar-refractivity contribution in [2.75, 3.05) is 0 Å². The molecule has 8 rings (SSSR count). The number of hydrogen-bond donors (Lipinski definition) is 0. The van der Waals surface area contributed by atoms with Gasteiger partial charge in [0.15, 0.2) is 0 Å². The molecule has 4 heteroatoms. The predicted octanol–water partition coefficient (Wildman–Crippen LogP) is 7.44. The van der Waals surface area contributed by atoms with Gasteiger partial charge >= 0.3 is 326 Å². The van der Waals surface area contributed by atoms with Crippen LogP contribution in [0.25, 0.3) is 11.1 Å². The Kier molecular flexibility index (Phi) is 11.1. The van der Waals surface area contributed by atoms with Crippen LogP contribution >= 0.6 is 0 Å². The van der Waals surface area contributed by atoms with Crippen molar-refractivity contribution in [1.82, 2.24) is 0 Å². The summed E-state index contributed by atoms with van der Waals surface area (Å²) in [4.78, 5) is 0. The minimum absolute atomic E-state index is 0. The summed E-state index contributed by atoms with van der Waals surface area (Å²) in [5.74, 6) is 0. The second-order valence-electron chi connectivity index (χ2n) is 20.2. The second kappa shape index (κ2) is 14.4. The van der Waals surface area contributed by atoms with Crippen LogP contribution in [0.4, 0.5) is 0 Å². The monoisotopic (exact) mass is 848 g/mol. The summed E-state index contributed by atoms with van der Waals surface area (Å²) in [6, 6.07) is 34.1. The van der Waals surface area contributed by atoms with E-state index in [-0.39, 0.29) is 46.5 Å². The molecular weight excluding hydrogens is 791 g/mol. The first-order chi connectivity index (χ1) is 24.4. The molecule has 4 aromatic rings. The first kappa shape index (κ1) is 41.5. The number of halogens is 2. The maximum absolute atomic E-state index is 2.88. The molecule has 0 aromatic heterocycles. The average Bonchev–Trinajstić information content (AvgIpc) is 3.71. The number of fused-ring (bicyclic) bond motifs is 5. The Morgan fingerprint density at radius 1 is 0.556 bits per heavy atom. The largest absolute Gasteiger partial charge is 1.00 e. The van der Waals surface area contributed by atoms with Crippen LogP contribution in [0.15, 0.2) is 106 Å². The van der Waals surface area contributed by atoms with Crippen molar-refractivity contribution in [2.24, 2.45) is 0 Å². The van der Waals surface area contributed by atoms with Crippen LogP contribution in [-0.2, 0) is 42.9 Å². The molecule has 0 saturated carbocycles. The molecule has 0 amide bonds. The third kappa shape index (κ3) is 6.97. The summed E-state index contributed by atoms with van der Waals surface area (Å²) in [5, 5.41) is 1.65. The first-order valence-corrected chi connectivity index (χ1v) is 27.4. The molecule has 4 aromatic carbocycles. The van der Waals surface area contributed by atoms with Crippen molar-refractivity contribution in [2.45, 2.75) is 132 Å². The van der Waals surface area contributed by atoms with E-state index in [2.05, 4.69) is 172 Å². The van der Waals surface area contributed by atoms with Gasteiger partial charge in [-0.25, -0.2) is 0 Å². The molecule has 54 heavy (non-hydrogen) atoms. The molecule has 0 unspecified atom stereocenters. The summed E-state index contributed by atoms with van der Waals surface area (Å²) in [5.41, 5.74) is 16.3. The van der Waals surface area contributed by atoms with Crippen LogP contribution in [0.5, 0.6) is 0 Å². The van der Waals surface area contributed by atoms with Gasteiger partial charge in [-0.3, -0.25) is 0 Å². The molecule has 0 spiro atoms. The van der Waals surface area contributed by atoms with Gasteiger partial charge < -0.3 is 24.8 Å². The quantitative estimate of drug-likeness (QED) is 0.184. The van der Waals surface area contributed by atoms with Gasteiger partial charge in [0.1, 0.15) is 0 Å². The van der Waals surface area contributed by atoms with Crippen molar-refractivity contribution in [3.63, 3.8) is 0 Å². The van der Waals surface area contributed by atoms with Crippen molar-refractivity contribution in [3.8, 4) is 11.1 Å². The standard InChI is InChI=1S/C29H37.C13H10.C8H13Si.2ClH.Zr/c1-26(2)9-11-28(5,6)24-16-20-18(14-22(24)26)13-19-15-23-25(17-21(19)20)29(7,8)12-10-27(23,3)4;1-3-7-12(8-4-1)11-13-9-5-2-6-10-13;1-9(2,3)8-6-4-5-7-8;;;/h13-17H,9-12H2,1-8H3;1-10H;6-7H,4H2,1-3H3;2*1H;/q;;;;;+2/p-2. The SMILES string of the molecule is CC1(C)CCC(C)(C)c2cc3c(cc21)-c1cc2c(cc1[CH]3[Zr+2]([C]1=CC([Si](C)(C)C)=CC1)=[C](c1ccccc1)c1ccccc1)C(C)(C)CCC2(C)C.[Cl-].[Cl-]. The van der Waals surface area contributed by atoms with Gasteiger partial charge in [-0.05, 0) is 0 Å². The Labute approximate surface area is 348 Å². The molecule has 0 bridgehead atoms. The van der Waals surface area contributed by atoms with E-state index in [1.807, 2.05) is 0 Å². The minimum atomic E-state index is -2.88. The molecule has 0 N–H and O–H groups in total. The number of hydrogen-bond acceptors (Lipinski definition) is 0. The van der Waals surface area contributed by atoms with E-state index in [0.29, 0.717) is 3.63 Å². The fourth-order valence-corrected chi connectivity index (χ4v) is 20.8. The molecular formula is C50H60Cl2SiZr. The Hall–Kier alpha value is -2.09. The van der Waals surface area contributed by atoms with E-state index >= 15 is 0 Å². The summed E-state index contributed by atoms with van der Waals surface area (Å²) in [6.07, 6.45) is 11.5. The molecule has 0 aliphatic heterocycles. The van der Waals surface area contributed by atoms with Gasteiger partial charge in [0.25, 0.3) is 0 Å². The zero-order chi connectivity index (χ0) is 37.0. The molecule has 0 heterocycles. The van der Waals surface area contributed by atoms with Crippen LogP contribution in [0, 0.1) is 0 Å². The summed E-state index contributed by atoms with van der Waals surface area (Å²) >= 11 is -2.88. The zero-order valence-corrected chi connectivity index (χ0v) is 39.6. The average molecular weight is 851 g/mol. The minimum Gasteiger partial charge on any atom is -1.00 e. The topological polar surface area (TPSA) is 0 Å². The molecule has 0 atom stereocenters. The Morgan fingerprint density at radius 2 is 0.926 bits per heavy atom.